The van der Waals surface area contributed by atoms with E-state index in [2.05, 4.69) is 0 Å². The third-order valence-corrected chi connectivity index (χ3v) is 2.95. The van der Waals surface area contributed by atoms with Gasteiger partial charge in [0.25, 0.3) is 0 Å². The normalized spacial score (nSPS) is 10.1. The molecule has 1 N–H and O–H groups in total. The summed E-state index contributed by atoms with van der Waals surface area (Å²) in [4.78, 5) is 11.3. The summed E-state index contributed by atoms with van der Waals surface area (Å²) >= 11 is 6.08. The highest BCUT2D eigenvalue weighted by Crippen LogP contribution is 2.32. The maximum atomic E-state index is 11.3. The molecule has 2 rings (SSSR count). The van der Waals surface area contributed by atoms with Gasteiger partial charge in [-0.3, -0.25) is 0 Å². The molecule has 92 valence electrons. The molecular weight excluding hydrogens is 252 g/mol. The van der Waals surface area contributed by atoms with Crippen LogP contribution in [0.25, 0.3) is 11.1 Å². The summed E-state index contributed by atoms with van der Waals surface area (Å²) in [5.41, 5.74) is 1.44. The molecule has 0 fully saturated rings. The average molecular weight is 263 g/mol. The largest absolute Gasteiger partial charge is 0.497 e. The van der Waals surface area contributed by atoms with E-state index in [1.165, 1.54) is 13.2 Å². The molecule has 0 aliphatic rings. The first-order chi connectivity index (χ1) is 8.63. The van der Waals surface area contributed by atoms with Crippen molar-refractivity contribution in [3.8, 4) is 16.9 Å². The van der Waals surface area contributed by atoms with Gasteiger partial charge in [0.2, 0.25) is 0 Å². The molecule has 2 aromatic carbocycles. The number of rotatable bonds is 3. The van der Waals surface area contributed by atoms with Gasteiger partial charge in [-0.05, 0) is 29.8 Å². The fraction of sp³-hybridized carbons (Fsp3) is 0.0714. The van der Waals surface area contributed by atoms with Crippen molar-refractivity contribution < 1.29 is 14.6 Å². The third kappa shape index (κ3) is 2.31. The third-order valence-electron chi connectivity index (χ3n) is 2.62. The Bertz CT molecular complexity index is 593. The first-order valence-electron chi connectivity index (χ1n) is 5.29. The Morgan fingerprint density at radius 1 is 1.17 bits per heavy atom. The summed E-state index contributed by atoms with van der Waals surface area (Å²) in [6.45, 7) is 0. The van der Waals surface area contributed by atoms with Crippen LogP contribution >= 0.6 is 11.6 Å². The Morgan fingerprint density at radius 3 is 2.50 bits per heavy atom. The fourth-order valence-electron chi connectivity index (χ4n) is 1.74. The molecule has 0 aromatic heterocycles. The molecule has 0 spiro atoms. The summed E-state index contributed by atoms with van der Waals surface area (Å²) in [6, 6.07) is 12.0. The van der Waals surface area contributed by atoms with Crippen LogP contribution in [0.15, 0.2) is 42.5 Å². The molecule has 0 aliphatic carbocycles. The minimum atomic E-state index is -1.01. The second-order valence-electron chi connectivity index (χ2n) is 3.70. The number of aromatic carboxylic acids is 1. The monoisotopic (exact) mass is 262 g/mol. The number of carbonyl (C=O) groups is 1. The van der Waals surface area contributed by atoms with Crippen molar-refractivity contribution >= 4 is 17.6 Å². The van der Waals surface area contributed by atoms with E-state index in [1.54, 1.807) is 30.3 Å². The highest BCUT2D eigenvalue weighted by molar-refractivity contribution is 6.33. The predicted molar refractivity (Wildman–Crippen MR) is 70.4 cm³/mol. The van der Waals surface area contributed by atoms with E-state index in [9.17, 15) is 9.90 Å². The lowest BCUT2D eigenvalue weighted by Gasteiger charge is -2.09. The van der Waals surface area contributed by atoms with Crippen LogP contribution in [-0.4, -0.2) is 18.2 Å². The van der Waals surface area contributed by atoms with Gasteiger partial charge in [-0.1, -0.05) is 29.8 Å². The Hall–Kier alpha value is -2.00. The number of methoxy groups -OCH3 is 1. The van der Waals surface area contributed by atoms with Gasteiger partial charge in [-0.15, -0.1) is 0 Å². The van der Waals surface area contributed by atoms with E-state index < -0.39 is 5.97 Å². The highest BCUT2D eigenvalue weighted by atomic mass is 35.5. The summed E-state index contributed by atoms with van der Waals surface area (Å²) in [5, 5.41) is 9.76. The smallest absolute Gasteiger partial charge is 0.336 e. The molecule has 0 aliphatic heterocycles. The molecule has 2 aromatic rings. The topological polar surface area (TPSA) is 46.5 Å². The van der Waals surface area contributed by atoms with Gasteiger partial charge in [0.1, 0.15) is 5.75 Å². The molecule has 0 heterocycles. The van der Waals surface area contributed by atoms with Crippen molar-refractivity contribution in [1.29, 1.82) is 0 Å². The number of carboxylic acid groups (broad SMARTS) is 1. The predicted octanol–water partition coefficient (Wildman–Crippen LogP) is 3.71. The molecule has 18 heavy (non-hydrogen) atoms. The van der Waals surface area contributed by atoms with Gasteiger partial charge < -0.3 is 9.84 Å². The number of benzene rings is 2. The molecule has 0 amide bonds. The zero-order chi connectivity index (χ0) is 13.1. The number of hydrogen-bond donors (Lipinski definition) is 1. The highest BCUT2D eigenvalue weighted by Gasteiger charge is 2.14. The maximum absolute atomic E-state index is 11.3. The molecule has 0 atom stereocenters. The summed E-state index contributed by atoms with van der Waals surface area (Å²) in [7, 11) is 1.50. The maximum Gasteiger partial charge on any atom is 0.336 e. The van der Waals surface area contributed by atoms with E-state index in [0.717, 1.165) is 0 Å². The van der Waals surface area contributed by atoms with Crippen LogP contribution in [-0.2, 0) is 0 Å². The summed E-state index contributed by atoms with van der Waals surface area (Å²) in [5.74, 6) is -0.507. The molecule has 0 radical (unpaired) electrons. The Labute approximate surface area is 110 Å². The second kappa shape index (κ2) is 5.10. The van der Waals surface area contributed by atoms with Crippen LogP contribution in [0.4, 0.5) is 0 Å². The second-order valence-corrected chi connectivity index (χ2v) is 4.10. The minimum absolute atomic E-state index is 0.169. The fourth-order valence-corrected chi connectivity index (χ4v) is 1.98. The quantitative estimate of drug-likeness (QED) is 0.917. The minimum Gasteiger partial charge on any atom is -0.497 e. The van der Waals surface area contributed by atoms with Crippen molar-refractivity contribution in [1.82, 2.24) is 0 Å². The summed E-state index contributed by atoms with van der Waals surface area (Å²) in [6.07, 6.45) is 0. The van der Waals surface area contributed by atoms with Gasteiger partial charge in [-0.2, -0.15) is 0 Å². The Balaban J connectivity index is 2.64. The zero-order valence-corrected chi connectivity index (χ0v) is 10.4. The van der Waals surface area contributed by atoms with Crippen LogP contribution in [0.1, 0.15) is 10.4 Å². The summed E-state index contributed by atoms with van der Waals surface area (Å²) < 4.78 is 5.03. The van der Waals surface area contributed by atoms with Crippen LogP contribution in [0.2, 0.25) is 5.02 Å². The van der Waals surface area contributed by atoms with Crippen LogP contribution in [0.5, 0.6) is 5.75 Å². The number of hydrogen-bond acceptors (Lipinski definition) is 2. The lowest BCUT2D eigenvalue weighted by atomic mass is 9.99. The lowest BCUT2D eigenvalue weighted by molar-refractivity contribution is 0.0697. The molecule has 4 heteroatoms. The van der Waals surface area contributed by atoms with Crippen LogP contribution in [0, 0.1) is 0 Å². The van der Waals surface area contributed by atoms with E-state index >= 15 is 0 Å². The number of halogens is 1. The standard InChI is InChI=1S/C14H11ClO3/c1-18-9-6-7-10(12(8-9)14(16)17)11-4-2-3-5-13(11)15/h2-8H,1H3,(H,16,17). The lowest BCUT2D eigenvalue weighted by Crippen LogP contribution is -2.00. The van der Waals surface area contributed by atoms with Crippen LogP contribution in [0.3, 0.4) is 0 Å². The van der Waals surface area contributed by atoms with Gasteiger partial charge in [0.05, 0.1) is 12.7 Å². The zero-order valence-electron chi connectivity index (χ0n) is 9.68. The molecule has 0 saturated heterocycles. The molecule has 3 nitrogen and oxygen atoms in total. The SMILES string of the molecule is COc1ccc(-c2ccccc2Cl)c(C(=O)O)c1. The van der Waals surface area contributed by atoms with Gasteiger partial charge >= 0.3 is 5.97 Å². The Morgan fingerprint density at radius 2 is 1.89 bits per heavy atom. The van der Waals surface area contributed by atoms with E-state index in [0.29, 0.717) is 21.9 Å². The Kier molecular flexibility index (Phi) is 3.53. The van der Waals surface area contributed by atoms with Gasteiger partial charge in [0.15, 0.2) is 0 Å². The molecular formula is C14H11ClO3. The van der Waals surface area contributed by atoms with Gasteiger partial charge in [0, 0.05) is 10.6 Å². The van der Waals surface area contributed by atoms with Gasteiger partial charge in [-0.25, -0.2) is 4.79 Å². The first-order valence-corrected chi connectivity index (χ1v) is 5.67. The number of carboxylic acids is 1. The average Bonchev–Trinajstić information content (AvgIpc) is 2.38. The van der Waals surface area contributed by atoms with Crippen molar-refractivity contribution in [2.45, 2.75) is 0 Å². The first kappa shape index (κ1) is 12.5. The van der Waals surface area contributed by atoms with Crippen molar-refractivity contribution in [3.05, 3.63) is 53.1 Å². The van der Waals surface area contributed by atoms with E-state index in [-0.39, 0.29) is 5.56 Å². The molecule has 0 saturated carbocycles. The van der Waals surface area contributed by atoms with E-state index in [4.69, 9.17) is 16.3 Å². The molecule has 0 bridgehead atoms. The van der Waals surface area contributed by atoms with Crippen LogP contribution < -0.4 is 4.74 Å². The van der Waals surface area contributed by atoms with E-state index in [1.807, 2.05) is 6.07 Å². The molecule has 0 unspecified atom stereocenters. The van der Waals surface area contributed by atoms with Crippen molar-refractivity contribution in [2.75, 3.05) is 7.11 Å². The number of ether oxygens (including phenoxy) is 1. The van der Waals surface area contributed by atoms with Crippen molar-refractivity contribution in [2.24, 2.45) is 0 Å². The van der Waals surface area contributed by atoms with Crippen molar-refractivity contribution in [3.63, 3.8) is 0 Å².